The zero-order valence-electron chi connectivity index (χ0n) is 12.2. The van der Waals surface area contributed by atoms with E-state index in [9.17, 15) is 9.90 Å². The van der Waals surface area contributed by atoms with Gasteiger partial charge in [-0.3, -0.25) is 4.79 Å². The smallest absolute Gasteiger partial charge is 0.302 e. The predicted molar refractivity (Wildman–Crippen MR) is 89.6 cm³/mol. The zero-order chi connectivity index (χ0) is 16.4. The van der Waals surface area contributed by atoms with Crippen LogP contribution in [0.25, 0.3) is 10.8 Å². The highest BCUT2D eigenvalue weighted by atomic mass is 79.9. The molecule has 0 radical (unpaired) electrons. The van der Waals surface area contributed by atoms with E-state index in [0.717, 1.165) is 0 Å². The largest absolute Gasteiger partial charge is 0.506 e. The molecule has 0 spiro atoms. The van der Waals surface area contributed by atoms with Crippen molar-refractivity contribution in [3.05, 3.63) is 26.6 Å². The van der Waals surface area contributed by atoms with E-state index in [1.54, 1.807) is 19.2 Å². The number of carbonyl (C=O) groups excluding carboxylic acids is 1. The Morgan fingerprint density at radius 2 is 1.86 bits per heavy atom. The molecule has 0 unspecified atom stereocenters. The highest BCUT2D eigenvalue weighted by molar-refractivity contribution is 9.11. The highest BCUT2D eigenvalue weighted by Gasteiger charge is 2.21. The minimum atomic E-state index is -0.401. The molecule has 1 N–H and O–H groups in total. The Balaban J connectivity index is 2.77. The van der Waals surface area contributed by atoms with Crippen LogP contribution in [0.15, 0.2) is 21.1 Å². The van der Waals surface area contributed by atoms with Gasteiger partial charge in [-0.15, -0.1) is 0 Å². The third-order valence-electron chi connectivity index (χ3n) is 3.16. The summed E-state index contributed by atoms with van der Waals surface area (Å²) in [6.45, 7) is 1.36. The van der Waals surface area contributed by atoms with Crippen LogP contribution >= 0.6 is 31.9 Å². The maximum absolute atomic E-state index is 11.0. The standard InChI is InChI=1S/C15H14Br2O5/c1-7(18)22-6-10-13(16)9-4-8(20-2)5-11(21-3)12(9)15(19)14(10)17/h4-5,19H,6H2,1-3H3. The Morgan fingerprint density at radius 3 is 2.41 bits per heavy atom. The number of rotatable bonds is 4. The van der Waals surface area contributed by atoms with Crippen LogP contribution < -0.4 is 9.47 Å². The molecule has 0 saturated carbocycles. The number of methoxy groups -OCH3 is 2. The van der Waals surface area contributed by atoms with Crippen molar-refractivity contribution in [2.45, 2.75) is 13.5 Å². The molecule has 0 amide bonds. The van der Waals surface area contributed by atoms with Crippen LogP contribution in [-0.2, 0) is 16.1 Å². The van der Waals surface area contributed by atoms with Gasteiger partial charge in [0, 0.05) is 28.4 Å². The molecule has 0 aliphatic rings. The summed E-state index contributed by atoms with van der Waals surface area (Å²) in [7, 11) is 3.06. The van der Waals surface area contributed by atoms with Crippen molar-refractivity contribution in [2.24, 2.45) is 0 Å². The van der Waals surface area contributed by atoms with Gasteiger partial charge in [-0.05, 0) is 37.9 Å². The van der Waals surface area contributed by atoms with Crippen LogP contribution in [-0.4, -0.2) is 25.3 Å². The lowest BCUT2D eigenvalue weighted by Crippen LogP contribution is -2.01. The summed E-state index contributed by atoms with van der Waals surface area (Å²) in [5.74, 6) is 0.680. The summed E-state index contributed by atoms with van der Waals surface area (Å²) in [6.07, 6.45) is 0. The second-order valence-electron chi connectivity index (χ2n) is 4.49. The van der Waals surface area contributed by atoms with Crippen molar-refractivity contribution in [3.63, 3.8) is 0 Å². The number of hydrogen-bond donors (Lipinski definition) is 1. The number of aromatic hydroxyl groups is 1. The van der Waals surface area contributed by atoms with E-state index < -0.39 is 5.97 Å². The minimum Gasteiger partial charge on any atom is -0.506 e. The Bertz CT molecular complexity index is 743. The van der Waals surface area contributed by atoms with Crippen molar-refractivity contribution in [1.29, 1.82) is 0 Å². The maximum atomic E-state index is 11.0. The average molecular weight is 434 g/mol. The first kappa shape index (κ1) is 16.9. The molecule has 7 heteroatoms. The highest BCUT2D eigenvalue weighted by Crippen LogP contribution is 2.47. The fraction of sp³-hybridized carbons (Fsp3) is 0.267. The molecule has 2 aromatic carbocycles. The fourth-order valence-electron chi connectivity index (χ4n) is 2.10. The molecule has 118 valence electrons. The lowest BCUT2D eigenvalue weighted by molar-refractivity contribution is -0.142. The second kappa shape index (κ2) is 6.75. The van der Waals surface area contributed by atoms with Crippen LogP contribution in [0.2, 0.25) is 0 Å². The SMILES string of the molecule is COc1cc(OC)c2c(O)c(Br)c(COC(C)=O)c(Br)c2c1. The molecule has 0 heterocycles. The average Bonchev–Trinajstić information content (AvgIpc) is 2.51. The molecule has 0 atom stereocenters. The van der Waals surface area contributed by atoms with E-state index in [2.05, 4.69) is 31.9 Å². The lowest BCUT2D eigenvalue weighted by Gasteiger charge is -2.16. The third kappa shape index (κ3) is 3.01. The topological polar surface area (TPSA) is 65.0 Å². The Morgan fingerprint density at radius 1 is 1.18 bits per heavy atom. The Labute approximate surface area is 144 Å². The zero-order valence-corrected chi connectivity index (χ0v) is 15.4. The number of hydrogen-bond acceptors (Lipinski definition) is 5. The van der Waals surface area contributed by atoms with E-state index in [1.807, 2.05) is 0 Å². The summed E-state index contributed by atoms with van der Waals surface area (Å²) >= 11 is 6.84. The molecule has 0 fully saturated rings. The van der Waals surface area contributed by atoms with Gasteiger partial charge in [-0.25, -0.2) is 0 Å². The minimum absolute atomic E-state index is 0.0138. The van der Waals surface area contributed by atoms with Gasteiger partial charge in [0.15, 0.2) is 0 Å². The number of carbonyl (C=O) groups is 1. The van der Waals surface area contributed by atoms with Crippen molar-refractivity contribution in [2.75, 3.05) is 14.2 Å². The van der Waals surface area contributed by atoms with Gasteiger partial charge in [0.25, 0.3) is 0 Å². The molecule has 22 heavy (non-hydrogen) atoms. The first-order valence-corrected chi connectivity index (χ1v) is 7.87. The van der Waals surface area contributed by atoms with E-state index in [1.165, 1.54) is 14.0 Å². The number of fused-ring (bicyclic) bond motifs is 1. The van der Waals surface area contributed by atoms with Crippen LogP contribution in [0.3, 0.4) is 0 Å². The summed E-state index contributed by atoms with van der Waals surface area (Å²) in [5, 5.41) is 11.7. The van der Waals surface area contributed by atoms with Crippen molar-refractivity contribution in [1.82, 2.24) is 0 Å². The lowest BCUT2D eigenvalue weighted by atomic mass is 10.0. The summed E-state index contributed by atoms with van der Waals surface area (Å²) < 4.78 is 16.7. The molecule has 2 aromatic rings. The third-order valence-corrected chi connectivity index (χ3v) is 4.92. The van der Waals surface area contributed by atoms with Gasteiger partial charge in [-0.1, -0.05) is 0 Å². The number of benzene rings is 2. The van der Waals surface area contributed by atoms with Crippen LogP contribution in [0, 0.1) is 0 Å². The van der Waals surface area contributed by atoms with Crippen LogP contribution in [0.4, 0.5) is 0 Å². The second-order valence-corrected chi connectivity index (χ2v) is 6.07. The van der Waals surface area contributed by atoms with Gasteiger partial charge < -0.3 is 19.3 Å². The van der Waals surface area contributed by atoms with Gasteiger partial charge in [0.05, 0.1) is 24.1 Å². The van der Waals surface area contributed by atoms with E-state index in [-0.39, 0.29) is 12.4 Å². The number of phenolic OH excluding ortho intramolecular Hbond substituents is 1. The summed E-state index contributed by atoms with van der Waals surface area (Å²) in [5.41, 5.74) is 0.621. The molecular formula is C15H14Br2O5. The fourth-order valence-corrected chi connectivity index (χ4v) is 3.50. The normalized spacial score (nSPS) is 10.6. The predicted octanol–water partition coefficient (Wildman–Crippen LogP) is 4.15. The number of esters is 1. The van der Waals surface area contributed by atoms with E-state index in [4.69, 9.17) is 14.2 Å². The monoisotopic (exact) mass is 432 g/mol. The van der Waals surface area contributed by atoms with Crippen LogP contribution in [0.1, 0.15) is 12.5 Å². The molecule has 5 nitrogen and oxygen atoms in total. The molecule has 2 rings (SSSR count). The number of phenols is 1. The van der Waals surface area contributed by atoms with Crippen molar-refractivity contribution >= 4 is 48.6 Å². The van der Waals surface area contributed by atoms with Gasteiger partial charge in [-0.2, -0.15) is 0 Å². The Hall–Kier alpha value is -1.47. The summed E-state index contributed by atoms with van der Waals surface area (Å²) in [6, 6.07) is 3.46. The quantitative estimate of drug-likeness (QED) is 0.733. The van der Waals surface area contributed by atoms with E-state index in [0.29, 0.717) is 36.8 Å². The van der Waals surface area contributed by atoms with Crippen LogP contribution in [0.5, 0.6) is 17.2 Å². The van der Waals surface area contributed by atoms with Gasteiger partial charge >= 0.3 is 5.97 Å². The summed E-state index contributed by atoms with van der Waals surface area (Å²) in [4.78, 5) is 11.0. The maximum Gasteiger partial charge on any atom is 0.302 e. The molecule has 0 aromatic heterocycles. The molecule has 0 saturated heterocycles. The first-order chi connectivity index (χ1) is 10.4. The number of ether oxygens (including phenoxy) is 3. The van der Waals surface area contributed by atoms with Crippen molar-refractivity contribution < 1.29 is 24.1 Å². The van der Waals surface area contributed by atoms with E-state index >= 15 is 0 Å². The first-order valence-electron chi connectivity index (χ1n) is 6.28. The number of halogens is 2. The van der Waals surface area contributed by atoms with Gasteiger partial charge in [0.1, 0.15) is 23.9 Å². The van der Waals surface area contributed by atoms with Gasteiger partial charge in [0.2, 0.25) is 0 Å². The molecule has 0 bridgehead atoms. The van der Waals surface area contributed by atoms with Crippen molar-refractivity contribution in [3.8, 4) is 17.2 Å². The molecule has 0 aliphatic carbocycles. The molecule has 0 aliphatic heterocycles. The molecular weight excluding hydrogens is 420 g/mol. The Kier molecular flexibility index (Phi) is 5.18.